The fraction of sp³-hybridized carbons (Fsp3) is 0.167. The number of hydrogen-bond acceptors (Lipinski definition) is 7. The minimum atomic E-state index is -1.09. The molecule has 2 aromatic heterocycles. The molecule has 0 aliphatic heterocycles. The first-order chi connectivity index (χ1) is 13.0. The molecule has 3 aromatic rings. The number of furan rings is 1. The van der Waals surface area contributed by atoms with Crippen molar-refractivity contribution in [2.24, 2.45) is 0 Å². The van der Waals surface area contributed by atoms with Crippen LogP contribution in [-0.2, 0) is 4.79 Å². The summed E-state index contributed by atoms with van der Waals surface area (Å²) in [5.74, 6) is 1.73. The molecular weight excluding hydrogens is 370 g/mol. The number of benzene rings is 1. The van der Waals surface area contributed by atoms with E-state index in [9.17, 15) is 9.90 Å². The first-order valence-electron chi connectivity index (χ1n) is 7.83. The van der Waals surface area contributed by atoms with E-state index >= 15 is 0 Å². The predicted octanol–water partition coefficient (Wildman–Crippen LogP) is 3.61. The summed E-state index contributed by atoms with van der Waals surface area (Å²) in [5, 5.41) is 16.6. The van der Waals surface area contributed by atoms with Crippen LogP contribution in [0.3, 0.4) is 0 Å². The average molecular weight is 387 g/mol. The number of aromatic nitrogens is 3. The van der Waals surface area contributed by atoms with Crippen molar-refractivity contribution < 1.29 is 23.8 Å². The third-order valence-corrected chi connectivity index (χ3v) is 4.41. The van der Waals surface area contributed by atoms with Crippen LogP contribution in [0.4, 0.5) is 0 Å². The topological polar surface area (TPSA) is 110 Å². The monoisotopic (exact) mass is 387 g/mol. The van der Waals surface area contributed by atoms with Crippen LogP contribution in [0, 0.1) is 6.92 Å². The number of hydrogen-bond donors (Lipinski definition) is 2. The van der Waals surface area contributed by atoms with Crippen LogP contribution in [0.5, 0.6) is 11.5 Å². The second-order valence-corrected chi connectivity index (χ2v) is 6.44. The summed E-state index contributed by atoms with van der Waals surface area (Å²) in [7, 11) is 3.11. The van der Waals surface area contributed by atoms with E-state index in [1.165, 1.54) is 6.08 Å². The number of carbonyl (C=O) groups is 1. The Morgan fingerprint density at radius 2 is 1.93 bits per heavy atom. The molecule has 2 heterocycles. The van der Waals surface area contributed by atoms with Gasteiger partial charge in [-0.15, -0.1) is 5.10 Å². The molecule has 0 aliphatic carbocycles. The van der Waals surface area contributed by atoms with Gasteiger partial charge in [0.2, 0.25) is 5.16 Å². The van der Waals surface area contributed by atoms with Gasteiger partial charge in [0.1, 0.15) is 27.9 Å². The van der Waals surface area contributed by atoms with Crippen molar-refractivity contribution in [1.29, 1.82) is 0 Å². The summed E-state index contributed by atoms with van der Waals surface area (Å²) in [6.07, 6.45) is 1.44. The van der Waals surface area contributed by atoms with Crippen LogP contribution in [0.15, 0.2) is 44.8 Å². The van der Waals surface area contributed by atoms with Crippen LogP contribution >= 0.6 is 11.8 Å². The van der Waals surface area contributed by atoms with Gasteiger partial charge in [-0.25, -0.2) is 9.78 Å². The number of rotatable bonds is 7. The van der Waals surface area contributed by atoms with Crippen LogP contribution in [0.2, 0.25) is 0 Å². The Bertz CT molecular complexity index is 970. The largest absolute Gasteiger partial charge is 0.497 e. The molecule has 0 saturated carbocycles. The lowest BCUT2D eigenvalue weighted by molar-refractivity contribution is -0.131. The van der Waals surface area contributed by atoms with E-state index < -0.39 is 5.97 Å². The Morgan fingerprint density at radius 1 is 1.22 bits per heavy atom. The summed E-state index contributed by atoms with van der Waals surface area (Å²) in [5.41, 5.74) is 0.702. The highest BCUT2D eigenvalue weighted by molar-refractivity contribution is 8.04. The maximum Gasteiger partial charge on any atom is 0.342 e. The van der Waals surface area contributed by atoms with Crippen molar-refractivity contribution in [1.82, 2.24) is 15.2 Å². The standard InChI is InChI=1S/C18H17N3O5S/c1-10-4-5-12(26-10)9-15(17(22)23)27-18-19-16(20-21-18)11-6-13(24-2)8-14(7-11)25-3/h4-9H,1-3H3,(H,22,23)(H,19,20,21)/b15-9-. The molecule has 0 saturated heterocycles. The number of ether oxygens (including phenoxy) is 2. The number of aryl methyl sites for hydroxylation is 1. The molecule has 2 N–H and O–H groups in total. The van der Waals surface area contributed by atoms with Gasteiger partial charge in [0.05, 0.1) is 14.2 Å². The van der Waals surface area contributed by atoms with E-state index in [-0.39, 0.29) is 10.1 Å². The van der Waals surface area contributed by atoms with Gasteiger partial charge in [-0.2, -0.15) is 0 Å². The van der Waals surface area contributed by atoms with E-state index in [0.29, 0.717) is 34.4 Å². The summed E-state index contributed by atoms with van der Waals surface area (Å²) < 4.78 is 15.9. The average Bonchev–Trinajstić information content (AvgIpc) is 3.29. The molecule has 8 nitrogen and oxygen atoms in total. The quantitative estimate of drug-likeness (QED) is 0.467. The Hall–Kier alpha value is -3.20. The molecule has 9 heteroatoms. The molecule has 140 valence electrons. The second kappa shape index (κ2) is 8.00. The Labute approximate surface area is 159 Å². The normalized spacial score (nSPS) is 11.4. The number of methoxy groups -OCH3 is 2. The van der Waals surface area contributed by atoms with Gasteiger partial charge in [-0.3, -0.25) is 5.10 Å². The lowest BCUT2D eigenvalue weighted by atomic mass is 10.2. The molecule has 1 aromatic carbocycles. The summed E-state index contributed by atoms with van der Waals surface area (Å²) in [6, 6.07) is 8.75. The highest BCUT2D eigenvalue weighted by atomic mass is 32.2. The zero-order valence-corrected chi connectivity index (χ0v) is 15.7. The maximum absolute atomic E-state index is 11.5. The zero-order chi connectivity index (χ0) is 19.4. The number of carboxylic acid groups (broad SMARTS) is 1. The van der Waals surface area contributed by atoms with Crippen molar-refractivity contribution >= 4 is 23.8 Å². The summed E-state index contributed by atoms with van der Waals surface area (Å²) >= 11 is 0.922. The van der Waals surface area contributed by atoms with Gasteiger partial charge < -0.3 is 19.0 Å². The molecule has 3 rings (SSSR count). The Balaban J connectivity index is 1.86. The van der Waals surface area contributed by atoms with Gasteiger partial charge in [0, 0.05) is 17.7 Å². The van der Waals surface area contributed by atoms with Crippen LogP contribution < -0.4 is 9.47 Å². The first-order valence-corrected chi connectivity index (χ1v) is 8.65. The van der Waals surface area contributed by atoms with Crippen molar-refractivity contribution in [3.63, 3.8) is 0 Å². The van der Waals surface area contributed by atoms with Gasteiger partial charge in [-0.05, 0) is 43.0 Å². The van der Waals surface area contributed by atoms with Gasteiger partial charge >= 0.3 is 5.97 Å². The fourth-order valence-corrected chi connectivity index (χ4v) is 2.95. The number of nitrogens with one attached hydrogen (secondary N) is 1. The summed E-state index contributed by atoms with van der Waals surface area (Å²) in [4.78, 5) is 15.9. The molecule has 27 heavy (non-hydrogen) atoms. The maximum atomic E-state index is 11.5. The first kappa shape index (κ1) is 18.6. The molecule has 0 amide bonds. The molecule has 0 spiro atoms. The van der Waals surface area contributed by atoms with Gasteiger partial charge in [-0.1, -0.05) is 0 Å². The van der Waals surface area contributed by atoms with Crippen molar-refractivity contribution in [2.45, 2.75) is 12.1 Å². The lowest BCUT2D eigenvalue weighted by Gasteiger charge is -2.06. The van der Waals surface area contributed by atoms with E-state index in [4.69, 9.17) is 13.9 Å². The predicted molar refractivity (Wildman–Crippen MR) is 99.8 cm³/mol. The number of carboxylic acids is 1. The second-order valence-electron chi connectivity index (χ2n) is 5.43. The minimum absolute atomic E-state index is 0.0399. The molecule has 0 radical (unpaired) electrons. The number of thioether (sulfide) groups is 1. The SMILES string of the molecule is COc1cc(OC)cc(-c2nc(S/C(=C\c3ccc(C)o3)C(=O)O)n[nH]2)c1. The van der Waals surface area contributed by atoms with E-state index in [1.807, 2.05) is 0 Å². The van der Waals surface area contributed by atoms with Crippen molar-refractivity contribution in [3.05, 3.63) is 46.8 Å². The Kier molecular flexibility index (Phi) is 5.51. The number of aromatic amines is 1. The molecule has 0 aliphatic rings. The van der Waals surface area contributed by atoms with Crippen LogP contribution in [0.25, 0.3) is 17.5 Å². The molecular formula is C18H17N3O5S. The highest BCUT2D eigenvalue weighted by Crippen LogP contribution is 2.31. The number of H-pyrrole nitrogens is 1. The molecule has 0 fully saturated rings. The lowest BCUT2D eigenvalue weighted by Crippen LogP contribution is -1.97. The summed E-state index contributed by atoms with van der Waals surface area (Å²) in [6.45, 7) is 1.79. The van der Waals surface area contributed by atoms with E-state index in [1.54, 1.807) is 51.5 Å². The third-order valence-electron chi connectivity index (χ3n) is 3.54. The number of aliphatic carboxylic acids is 1. The van der Waals surface area contributed by atoms with Gasteiger partial charge in [0.15, 0.2) is 5.82 Å². The third kappa shape index (κ3) is 4.50. The fourth-order valence-electron chi connectivity index (χ4n) is 2.26. The van der Waals surface area contributed by atoms with E-state index in [0.717, 1.165) is 11.8 Å². The molecule has 0 unspecified atom stereocenters. The highest BCUT2D eigenvalue weighted by Gasteiger charge is 2.16. The molecule has 0 atom stereocenters. The minimum Gasteiger partial charge on any atom is -0.497 e. The smallest absolute Gasteiger partial charge is 0.342 e. The van der Waals surface area contributed by atoms with Crippen LogP contribution in [0.1, 0.15) is 11.5 Å². The Morgan fingerprint density at radius 3 is 2.48 bits per heavy atom. The van der Waals surface area contributed by atoms with E-state index in [2.05, 4.69) is 15.2 Å². The van der Waals surface area contributed by atoms with Crippen LogP contribution in [-0.4, -0.2) is 40.5 Å². The van der Waals surface area contributed by atoms with Crippen molar-refractivity contribution in [3.8, 4) is 22.9 Å². The van der Waals surface area contributed by atoms with Crippen molar-refractivity contribution in [2.75, 3.05) is 14.2 Å². The van der Waals surface area contributed by atoms with Gasteiger partial charge in [0.25, 0.3) is 0 Å². The molecule has 0 bridgehead atoms. The number of nitrogens with zero attached hydrogens (tertiary/aromatic N) is 2. The zero-order valence-electron chi connectivity index (χ0n) is 14.8.